The molecule has 1 aromatic carbocycles. The Bertz CT molecular complexity index is 648. The number of hydrogen-bond donors (Lipinski definition) is 1. The molecule has 0 spiro atoms. The molecule has 1 aliphatic rings. The van der Waals surface area contributed by atoms with Gasteiger partial charge in [-0.05, 0) is 30.5 Å². The zero-order valence-corrected chi connectivity index (χ0v) is 11.3. The van der Waals surface area contributed by atoms with Crippen LogP contribution in [0.1, 0.15) is 26.5 Å². The maximum absolute atomic E-state index is 11.1. The van der Waals surface area contributed by atoms with E-state index >= 15 is 0 Å². The third kappa shape index (κ3) is 2.27. The Morgan fingerprint density at radius 2 is 2.26 bits per heavy atom. The summed E-state index contributed by atoms with van der Waals surface area (Å²) in [4.78, 5) is 15.7. The van der Waals surface area contributed by atoms with Gasteiger partial charge in [-0.15, -0.1) is 11.3 Å². The number of aryl methyl sites for hydroxylation is 1. The van der Waals surface area contributed by atoms with Crippen molar-refractivity contribution in [3.05, 3.63) is 39.9 Å². The van der Waals surface area contributed by atoms with Crippen LogP contribution in [0.3, 0.4) is 0 Å². The number of carbonyl (C=O) groups is 1. The summed E-state index contributed by atoms with van der Waals surface area (Å²) in [5.74, 6) is -0.910. The van der Waals surface area contributed by atoms with Crippen molar-refractivity contribution in [3.63, 3.8) is 0 Å². The molecular formula is C14H13NO3S. The summed E-state index contributed by atoms with van der Waals surface area (Å²) < 4.78 is 5.41. The third-order valence-corrected chi connectivity index (χ3v) is 4.41. The first-order valence-electron chi connectivity index (χ1n) is 6.06. The van der Waals surface area contributed by atoms with Gasteiger partial charge < -0.3 is 9.84 Å². The first-order valence-corrected chi connectivity index (χ1v) is 6.87. The van der Waals surface area contributed by atoms with Crippen LogP contribution in [0.2, 0.25) is 0 Å². The molecule has 0 aliphatic carbocycles. The maximum atomic E-state index is 11.1. The van der Waals surface area contributed by atoms with Gasteiger partial charge in [0.15, 0.2) is 0 Å². The van der Waals surface area contributed by atoms with Gasteiger partial charge in [0.2, 0.25) is 0 Å². The Kier molecular flexibility index (Phi) is 3.08. The molecule has 0 amide bonds. The molecule has 3 rings (SSSR count). The zero-order chi connectivity index (χ0) is 13.4. The van der Waals surface area contributed by atoms with Crippen molar-refractivity contribution in [2.75, 3.05) is 6.61 Å². The Morgan fingerprint density at radius 1 is 1.42 bits per heavy atom. The second-order valence-corrected chi connectivity index (χ2v) is 5.52. The van der Waals surface area contributed by atoms with E-state index < -0.39 is 5.97 Å². The van der Waals surface area contributed by atoms with Gasteiger partial charge in [-0.3, -0.25) is 0 Å². The maximum Gasteiger partial charge on any atom is 0.347 e. The largest absolute Gasteiger partial charge is 0.477 e. The SMILES string of the molecule is Cc1nc(-c2ccc3c(c2)CCOC3)sc1C(=O)O. The topological polar surface area (TPSA) is 59.4 Å². The number of fused-ring (bicyclic) bond motifs is 1. The zero-order valence-electron chi connectivity index (χ0n) is 10.5. The summed E-state index contributed by atoms with van der Waals surface area (Å²) in [6.07, 6.45) is 0.902. The number of hydrogen-bond acceptors (Lipinski definition) is 4. The first kappa shape index (κ1) is 12.3. The number of ether oxygens (including phenoxy) is 1. The highest BCUT2D eigenvalue weighted by atomic mass is 32.1. The lowest BCUT2D eigenvalue weighted by molar-refractivity contribution is 0.0701. The molecule has 19 heavy (non-hydrogen) atoms. The molecule has 0 bridgehead atoms. The molecule has 0 saturated heterocycles. The molecule has 0 saturated carbocycles. The molecule has 0 unspecified atom stereocenters. The van der Waals surface area contributed by atoms with Crippen molar-refractivity contribution in [2.45, 2.75) is 20.0 Å². The minimum Gasteiger partial charge on any atom is -0.477 e. The van der Waals surface area contributed by atoms with Crippen molar-refractivity contribution >= 4 is 17.3 Å². The number of carboxylic acids is 1. The van der Waals surface area contributed by atoms with Crippen LogP contribution in [-0.4, -0.2) is 22.7 Å². The molecule has 1 aliphatic heterocycles. The Balaban J connectivity index is 2.02. The average Bonchev–Trinajstić information content (AvgIpc) is 2.80. The third-order valence-electron chi connectivity index (χ3n) is 3.22. The first-order chi connectivity index (χ1) is 9.15. The van der Waals surface area contributed by atoms with Gasteiger partial charge in [0.25, 0.3) is 0 Å². The van der Waals surface area contributed by atoms with E-state index in [2.05, 4.69) is 11.1 Å². The number of rotatable bonds is 2. The minimum absolute atomic E-state index is 0.316. The van der Waals surface area contributed by atoms with E-state index in [0.717, 1.165) is 23.6 Å². The number of nitrogens with zero attached hydrogens (tertiary/aromatic N) is 1. The molecule has 0 fully saturated rings. The van der Waals surface area contributed by atoms with Gasteiger partial charge >= 0.3 is 5.97 Å². The van der Waals surface area contributed by atoms with Crippen LogP contribution in [0.25, 0.3) is 10.6 Å². The lowest BCUT2D eigenvalue weighted by atomic mass is 10.0. The van der Waals surface area contributed by atoms with Crippen LogP contribution in [-0.2, 0) is 17.8 Å². The molecule has 2 aromatic rings. The van der Waals surface area contributed by atoms with Gasteiger partial charge in [0.1, 0.15) is 9.88 Å². The molecule has 5 heteroatoms. The summed E-state index contributed by atoms with van der Waals surface area (Å²) in [6.45, 7) is 3.14. The predicted octanol–water partition coefficient (Wildman–Crippen LogP) is 2.89. The molecule has 1 N–H and O–H groups in total. The quantitative estimate of drug-likeness (QED) is 0.915. The smallest absolute Gasteiger partial charge is 0.347 e. The summed E-state index contributed by atoms with van der Waals surface area (Å²) in [7, 11) is 0. The van der Waals surface area contributed by atoms with Crippen LogP contribution < -0.4 is 0 Å². The van der Waals surface area contributed by atoms with E-state index in [1.807, 2.05) is 12.1 Å². The van der Waals surface area contributed by atoms with Gasteiger partial charge in [-0.1, -0.05) is 12.1 Å². The molecule has 1 aromatic heterocycles. The van der Waals surface area contributed by atoms with Gasteiger partial charge in [0, 0.05) is 5.56 Å². The van der Waals surface area contributed by atoms with Crippen LogP contribution in [0, 0.1) is 6.92 Å². The molecule has 4 nitrogen and oxygen atoms in total. The molecule has 2 heterocycles. The minimum atomic E-state index is -0.910. The highest BCUT2D eigenvalue weighted by molar-refractivity contribution is 7.17. The number of aromatic carboxylic acids is 1. The van der Waals surface area contributed by atoms with Gasteiger partial charge in [-0.2, -0.15) is 0 Å². The second kappa shape index (κ2) is 4.75. The molecular weight excluding hydrogens is 262 g/mol. The highest BCUT2D eigenvalue weighted by Gasteiger charge is 2.16. The Hall–Kier alpha value is -1.72. The summed E-state index contributed by atoms with van der Waals surface area (Å²) in [5, 5.41) is 9.84. The standard InChI is InChI=1S/C14H13NO3S/c1-8-12(14(16)17)19-13(15-8)10-2-3-11-7-18-5-4-9(11)6-10/h2-3,6H,4-5,7H2,1H3,(H,16,17). The predicted molar refractivity (Wildman–Crippen MR) is 72.6 cm³/mol. The normalized spacial score (nSPS) is 14.2. The average molecular weight is 275 g/mol. The second-order valence-electron chi connectivity index (χ2n) is 4.52. The van der Waals surface area contributed by atoms with E-state index in [0.29, 0.717) is 17.2 Å². The van der Waals surface area contributed by atoms with Crippen LogP contribution in [0.5, 0.6) is 0 Å². The van der Waals surface area contributed by atoms with E-state index in [1.165, 1.54) is 22.5 Å². The van der Waals surface area contributed by atoms with Crippen LogP contribution in [0.15, 0.2) is 18.2 Å². The van der Waals surface area contributed by atoms with Crippen molar-refractivity contribution in [1.82, 2.24) is 4.98 Å². The number of carboxylic acid groups (broad SMARTS) is 1. The highest BCUT2D eigenvalue weighted by Crippen LogP contribution is 2.30. The van der Waals surface area contributed by atoms with Crippen molar-refractivity contribution < 1.29 is 14.6 Å². The van der Waals surface area contributed by atoms with Gasteiger partial charge in [0.05, 0.1) is 18.9 Å². The number of benzene rings is 1. The number of aromatic nitrogens is 1. The lowest BCUT2D eigenvalue weighted by Gasteiger charge is -2.16. The fraction of sp³-hybridized carbons (Fsp3) is 0.286. The molecule has 98 valence electrons. The van der Waals surface area contributed by atoms with Crippen molar-refractivity contribution in [1.29, 1.82) is 0 Å². The van der Waals surface area contributed by atoms with Crippen molar-refractivity contribution in [3.8, 4) is 10.6 Å². The summed E-state index contributed by atoms with van der Waals surface area (Å²) >= 11 is 1.23. The van der Waals surface area contributed by atoms with Crippen molar-refractivity contribution in [2.24, 2.45) is 0 Å². The Morgan fingerprint density at radius 3 is 3.00 bits per heavy atom. The summed E-state index contributed by atoms with van der Waals surface area (Å²) in [5.41, 5.74) is 4.05. The van der Waals surface area contributed by atoms with E-state index in [-0.39, 0.29) is 0 Å². The fourth-order valence-corrected chi connectivity index (χ4v) is 3.12. The van der Waals surface area contributed by atoms with E-state index in [4.69, 9.17) is 9.84 Å². The van der Waals surface area contributed by atoms with Crippen LogP contribution in [0.4, 0.5) is 0 Å². The van der Waals surface area contributed by atoms with E-state index in [1.54, 1.807) is 6.92 Å². The van der Waals surface area contributed by atoms with E-state index in [9.17, 15) is 4.79 Å². The molecule has 0 atom stereocenters. The lowest BCUT2D eigenvalue weighted by Crippen LogP contribution is -2.09. The Labute approximate surface area is 114 Å². The summed E-state index contributed by atoms with van der Waals surface area (Å²) in [6, 6.07) is 6.13. The van der Waals surface area contributed by atoms with Gasteiger partial charge in [-0.25, -0.2) is 9.78 Å². The monoisotopic (exact) mass is 275 g/mol. The van der Waals surface area contributed by atoms with Crippen LogP contribution >= 0.6 is 11.3 Å². The molecule has 0 radical (unpaired) electrons. The fourth-order valence-electron chi connectivity index (χ4n) is 2.22. The number of thiazole rings is 1.